The normalized spacial score (nSPS) is 22.4. The Bertz CT molecular complexity index is 723. The predicted molar refractivity (Wildman–Crippen MR) is 92.4 cm³/mol. The van der Waals surface area contributed by atoms with Crippen LogP contribution in [0.4, 0.5) is 11.4 Å². The predicted octanol–water partition coefficient (Wildman–Crippen LogP) is 1.56. The van der Waals surface area contributed by atoms with Crippen molar-refractivity contribution in [3.05, 3.63) is 33.9 Å². The number of carboxylic acids is 1. The monoisotopic (exact) mass is 363 g/mol. The quantitative estimate of drug-likeness (QED) is 0.581. The molecule has 2 aliphatic rings. The number of rotatable bonds is 6. The number of nitro groups is 1. The zero-order valence-corrected chi connectivity index (χ0v) is 14.3. The summed E-state index contributed by atoms with van der Waals surface area (Å²) in [6.45, 7) is 1.98. The van der Waals surface area contributed by atoms with Gasteiger partial charge in [-0.2, -0.15) is 0 Å². The molecule has 1 aromatic rings. The Hall–Kier alpha value is -2.68. The summed E-state index contributed by atoms with van der Waals surface area (Å²) < 4.78 is 5.25. The van der Waals surface area contributed by atoms with Gasteiger partial charge < -0.3 is 20.1 Å². The zero-order valence-electron chi connectivity index (χ0n) is 14.3. The number of carboxylic acid groups (broad SMARTS) is 1. The topological polar surface area (TPSA) is 122 Å². The number of carbonyl (C=O) groups excluding carboxylic acids is 1. The van der Waals surface area contributed by atoms with Gasteiger partial charge in [0.15, 0.2) is 0 Å². The van der Waals surface area contributed by atoms with Crippen molar-refractivity contribution in [2.24, 2.45) is 0 Å². The fourth-order valence-electron chi connectivity index (χ4n) is 3.53. The minimum atomic E-state index is -1.04. The van der Waals surface area contributed by atoms with E-state index in [1.54, 1.807) is 12.1 Å². The van der Waals surface area contributed by atoms with E-state index in [1.807, 2.05) is 4.90 Å². The second-order valence-electron chi connectivity index (χ2n) is 6.76. The van der Waals surface area contributed by atoms with Crippen LogP contribution >= 0.6 is 0 Å². The lowest BCUT2D eigenvalue weighted by Crippen LogP contribution is -2.50. The summed E-state index contributed by atoms with van der Waals surface area (Å²) in [6.07, 6.45) is 2.10. The first-order valence-electron chi connectivity index (χ1n) is 8.56. The van der Waals surface area contributed by atoms with Crippen LogP contribution in [0.2, 0.25) is 0 Å². The highest BCUT2D eigenvalue weighted by Gasteiger charge is 2.39. The van der Waals surface area contributed by atoms with Crippen molar-refractivity contribution in [1.29, 1.82) is 0 Å². The van der Waals surface area contributed by atoms with Crippen LogP contribution in [0.3, 0.4) is 0 Å². The number of hydrogen-bond acceptors (Lipinski definition) is 6. The van der Waals surface area contributed by atoms with E-state index in [1.165, 1.54) is 6.07 Å². The van der Waals surface area contributed by atoms with Crippen molar-refractivity contribution in [2.75, 3.05) is 31.2 Å². The summed E-state index contributed by atoms with van der Waals surface area (Å²) in [7, 11) is 0. The van der Waals surface area contributed by atoms with Crippen molar-refractivity contribution in [1.82, 2.24) is 5.32 Å². The first-order valence-corrected chi connectivity index (χ1v) is 8.56. The summed E-state index contributed by atoms with van der Waals surface area (Å²) in [5.74, 6) is -1.57. The van der Waals surface area contributed by atoms with Gasteiger partial charge in [-0.15, -0.1) is 0 Å². The Morgan fingerprint density at radius 2 is 2.08 bits per heavy atom. The van der Waals surface area contributed by atoms with Gasteiger partial charge in [-0.25, -0.2) is 0 Å². The fourth-order valence-corrected chi connectivity index (χ4v) is 3.53. The van der Waals surface area contributed by atoms with Gasteiger partial charge in [-0.3, -0.25) is 19.7 Å². The van der Waals surface area contributed by atoms with Crippen molar-refractivity contribution in [3.63, 3.8) is 0 Å². The van der Waals surface area contributed by atoms with Gasteiger partial charge in [-0.05, 0) is 31.4 Å². The largest absolute Gasteiger partial charge is 0.481 e. The molecule has 2 aliphatic heterocycles. The molecule has 0 saturated carbocycles. The van der Waals surface area contributed by atoms with Crippen molar-refractivity contribution in [2.45, 2.75) is 31.2 Å². The number of nitrogens with zero attached hydrogens (tertiary/aromatic N) is 2. The van der Waals surface area contributed by atoms with Crippen LogP contribution in [-0.2, 0) is 9.53 Å². The Morgan fingerprint density at radius 3 is 2.65 bits per heavy atom. The van der Waals surface area contributed by atoms with Gasteiger partial charge in [-0.1, -0.05) is 0 Å². The minimum Gasteiger partial charge on any atom is -0.481 e. The van der Waals surface area contributed by atoms with E-state index in [2.05, 4.69) is 5.32 Å². The number of ether oxygens (including phenoxy) is 1. The van der Waals surface area contributed by atoms with Crippen LogP contribution in [0.25, 0.3) is 0 Å². The third-order valence-corrected chi connectivity index (χ3v) is 4.85. The lowest BCUT2D eigenvalue weighted by molar-refractivity contribution is -0.384. The van der Waals surface area contributed by atoms with E-state index in [9.17, 15) is 19.7 Å². The van der Waals surface area contributed by atoms with Gasteiger partial charge in [0.25, 0.3) is 11.6 Å². The van der Waals surface area contributed by atoms with E-state index >= 15 is 0 Å². The standard InChI is InChI=1S/C17H21N3O6/c21-15(22)10-17(5-8-26-11-17)18-16(23)12-3-4-13(14(9-12)20(24)25)19-6-1-2-7-19/h3-4,9H,1-2,5-8,10-11H2,(H,18,23)(H,21,22). The van der Waals surface area contributed by atoms with Crippen LogP contribution in [0.15, 0.2) is 18.2 Å². The molecule has 0 spiro atoms. The number of nitro benzene ring substituents is 1. The molecule has 9 heteroatoms. The summed E-state index contributed by atoms with van der Waals surface area (Å²) in [5.41, 5.74) is -0.454. The van der Waals surface area contributed by atoms with Crippen molar-refractivity contribution >= 4 is 23.3 Å². The van der Waals surface area contributed by atoms with Crippen LogP contribution in [0, 0.1) is 10.1 Å². The molecular weight excluding hydrogens is 342 g/mol. The number of aliphatic carboxylic acids is 1. The average Bonchev–Trinajstić information content (AvgIpc) is 3.25. The third kappa shape index (κ3) is 3.77. The number of anilines is 1. The molecule has 1 atom stereocenters. The smallest absolute Gasteiger partial charge is 0.305 e. The first-order chi connectivity index (χ1) is 12.4. The van der Waals surface area contributed by atoms with E-state index < -0.39 is 22.3 Å². The molecule has 0 radical (unpaired) electrons. The van der Waals surface area contributed by atoms with Gasteiger partial charge in [0.1, 0.15) is 5.69 Å². The Kier molecular flexibility index (Phi) is 5.08. The molecule has 3 rings (SSSR count). The molecule has 26 heavy (non-hydrogen) atoms. The highest BCUT2D eigenvalue weighted by atomic mass is 16.6. The SMILES string of the molecule is O=C(O)CC1(NC(=O)c2ccc(N3CCCC3)c([N+](=O)[O-])c2)CCOC1. The summed E-state index contributed by atoms with van der Waals surface area (Å²) in [6, 6.07) is 4.39. The van der Waals surface area contributed by atoms with Crippen molar-refractivity contribution in [3.8, 4) is 0 Å². The highest BCUT2D eigenvalue weighted by Crippen LogP contribution is 2.32. The zero-order chi connectivity index (χ0) is 18.7. The summed E-state index contributed by atoms with van der Waals surface area (Å²) >= 11 is 0. The van der Waals surface area contributed by atoms with Gasteiger partial charge in [0, 0.05) is 31.3 Å². The van der Waals surface area contributed by atoms with Gasteiger partial charge in [0.2, 0.25) is 0 Å². The molecule has 1 aromatic carbocycles. The number of benzene rings is 1. The van der Waals surface area contributed by atoms with Gasteiger partial charge >= 0.3 is 5.97 Å². The molecule has 0 aliphatic carbocycles. The number of amides is 1. The summed E-state index contributed by atoms with van der Waals surface area (Å²) in [4.78, 5) is 36.6. The maximum Gasteiger partial charge on any atom is 0.305 e. The Morgan fingerprint density at radius 1 is 1.35 bits per heavy atom. The summed E-state index contributed by atoms with van der Waals surface area (Å²) in [5, 5.41) is 23.3. The number of carbonyl (C=O) groups is 2. The lowest BCUT2D eigenvalue weighted by atomic mass is 9.93. The number of nitrogens with one attached hydrogen (secondary N) is 1. The van der Waals surface area contributed by atoms with E-state index in [-0.39, 0.29) is 24.3 Å². The minimum absolute atomic E-state index is 0.110. The second kappa shape index (κ2) is 7.28. The second-order valence-corrected chi connectivity index (χ2v) is 6.76. The molecule has 140 valence electrons. The first kappa shape index (κ1) is 18.1. The molecule has 0 aromatic heterocycles. The molecule has 2 fully saturated rings. The molecule has 1 unspecified atom stereocenters. The molecule has 9 nitrogen and oxygen atoms in total. The van der Waals surface area contributed by atoms with E-state index in [0.717, 1.165) is 25.9 Å². The van der Waals surface area contributed by atoms with Crippen LogP contribution < -0.4 is 10.2 Å². The average molecular weight is 363 g/mol. The van der Waals surface area contributed by atoms with Crippen LogP contribution in [0.5, 0.6) is 0 Å². The molecule has 2 N–H and O–H groups in total. The van der Waals surface area contributed by atoms with Crippen molar-refractivity contribution < 1.29 is 24.4 Å². The maximum atomic E-state index is 12.6. The molecule has 0 bridgehead atoms. The highest BCUT2D eigenvalue weighted by molar-refractivity contribution is 5.96. The molecule has 2 saturated heterocycles. The fraction of sp³-hybridized carbons (Fsp3) is 0.529. The molecule has 1 amide bonds. The third-order valence-electron chi connectivity index (χ3n) is 4.85. The van der Waals surface area contributed by atoms with E-state index in [4.69, 9.17) is 9.84 Å². The van der Waals surface area contributed by atoms with Crippen LogP contribution in [-0.4, -0.2) is 53.7 Å². The Balaban J connectivity index is 1.83. The molecule has 2 heterocycles. The number of hydrogen-bond donors (Lipinski definition) is 2. The lowest BCUT2D eigenvalue weighted by Gasteiger charge is -2.27. The van der Waals surface area contributed by atoms with Crippen LogP contribution in [0.1, 0.15) is 36.0 Å². The van der Waals surface area contributed by atoms with Gasteiger partial charge in [0.05, 0.1) is 23.5 Å². The molecular formula is C17H21N3O6. The Labute approximate surface area is 150 Å². The van der Waals surface area contributed by atoms with E-state index in [0.29, 0.717) is 18.7 Å². The maximum absolute atomic E-state index is 12.6.